The molecule has 0 radical (unpaired) electrons. The number of rotatable bonds is 9. The first-order chi connectivity index (χ1) is 10.4. The molecule has 2 N–H and O–H groups in total. The lowest BCUT2D eigenvalue weighted by Crippen LogP contribution is -2.44. The third-order valence-electron chi connectivity index (χ3n) is 2.61. The van der Waals surface area contributed by atoms with Crippen LogP contribution in [0.2, 0.25) is 0 Å². The highest BCUT2D eigenvalue weighted by Gasteiger charge is 2.20. The Morgan fingerprint density at radius 1 is 1.36 bits per heavy atom. The van der Waals surface area contributed by atoms with E-state index in [9.17, 15) is 9.59 Å². The van der Waals surface area contributed by atoms with Gasteiger partial charge in [-0.3, -0.25) is 4.79 Å². The molecule has 0 aliphatic carbocycles. The predicted octanol–water partition coefficient (Wildman–Crippen LogP) is 2.57. The van der Waals surface area contributed by atoms with Gasteiger partial charge in [-0.2, -0.15) is 0 Å². The summed E-state index contributed by atoms with van der Waals surface area (Å²) in [6.45, 7) is 7.79. The molecular formula is C16H21NO4S. The molecule has 0 aromatic heterocycles. The fourth-order valence-electron chi connectivity index (χ4n) is 1.64. The molecule has 0 aliphatic heterocycles. The topological polar surface area (TPSA) is 75.6 Å². The number of carboxylic acid groups (broad SMARTS) is 1. The number of thioether (sulfide) groups is 1. The summed E-state index contributed by atoms with van der Waals surface area (Å²) >= 11 is 1.70. The van der Waals surface area contributed by atoms with E-state index in [2.05, 4.69) is 25.7 Å². The number of carbonyl (C=O) groups is 2. The second-order valence-electron chi connectivity index (χ2n) is 4.88. The predicted molar refractivity (Wildman–Crippen MR) is 87.3 cm³/mol. The van der Waals surface area contributed by atoms with Crippen molar-refractivity contribution in [2.45, 2.75) is 30.0 Å². The van der Waals surface area contributed by atoms with Crippen molar-refractivity contribution in [3.63, 3.8) is 0 Å². The number of amides is 1. The lowest BCUT2D eigenvalue weighted by molar-refractivity contribution is -0.140. The van der Waals surface area contributed by atoms with Crippen molar-refractivity contribution in [1.29, 1.82) is 0 Å². The van der Waals surface area contributed by atoms with Crippen LogP contribution in [-0.4, -0.2) is 41.5 Å². The molecule has 1 aromatic carbocycles. The summed E-state index contributed by atoms with van der Waals surface area (Å²) in [5.74, 6) is -1.57. The van der Waals surface area contributed by atoms with Crippen molar-refractivity contribution in [3.8, 4) is 0 Å². The quantitative estimate of drug-likeness (QED) is 0.415. The van der Waals surface area contributed by atoms with Gasteiger partial charge in [0.1, 0.15) is 0 Å². The van der Waals surface area contributed by atoms with E-state index in [0.717, 1.165) is 4.90 Å². The molecule has 1 rings (SSSR count). The minimum atomic E-state index is -1.13. The molecule has 5 nitrogen and oxygen atoms in total. The van der Waals surface area contributed by atoms with Gasteiger partial charge in [-0.25, -0.2) is 4.79 Å². The first kappa shape index (κ1) is 18.3. The standard InChI is InChI=1S/C16H21NO4S/c1-4-9-21-10-14(16(19)20)17-15(18)12-5-7-13(8-6-12)22-11(2)3/h4-8,11,14H,1,9-10H2,2-3H3,(H,17,18)(H,19,20). The van der Waals surface area contributed by atoms with Crippen LogP contribution in [0.15, 0.2) is 41.8 Å². The van der Waals surface area contributed by atoms with Gasteiger partial charge in [0.2, 0.25) is 0 Å². The summed E-state index contributed by atoms with van der Waals surface area (Å²) < 4.78 is 5.09. The summed E-state index contributed by atoms with van der Waals surface area (Å²) in [5, 5.41) is 12.0. The average Bonchev–Trinajstić information content (AvgIpc) is 2.46. The molecule has 0 fully saturated rings. The average molecular weight is 323 g/mol. The Hall–Kier alpha value is -1.79. The van der Waals surface area contributed by atoms with Gasteiger partial charge in [-0.05, 0) is 24.3 Å². The fraction of sp³-hybridized carbons (Fsp3) is 0.375. The largest absolute Gasteiger partial charge is 0.480 e. The zero-order valence-electron chi connectivity index (χ0n) is 12.7. The van der Waals surface area contributed by atoms with Crippen LogP contribution in [0.3, 0.4) is 0 Å². The number of aliphatic carboxylic acids is 1. The van der Waals surface area contributed by atoms with Crippen LogP contribution < -0.4 is 5.32 Å². The van der Waals surface area contributed by atoms with Crippen LogP contribution in [0, 0.1) is 0 Å². The van der Waals surface area contributed by atoms with Gasteiger partial charge in [0.05, 0.1) is 13.2 Å². The van der Waals surface area contributed by atoms with Gasteiger partial charge in [-0.1, -0.05) is 19.9 Å². The Kier molecular flexibility index (Phi) is 7.70. The van der Waals surface area contributed by atoms with E-state index in [-0.39, 0.29) is 13.2 Å². The van der Waals surface area contributed by atoms with Crippen LogP contribution in [0.5, 0.6) is 0 Å². The Morgan fingerprint density at radius 3 is 2.50 bits per heavy atom. The Bertz CT molecular complexity index is 513. The summed E-state index contributed by atoms with van der Waals surface area (Å²) in [6.07, 6.45) is 1.52. The van der Waals surface area contributed by atoms with Gasteiger partial charge >= 0.3 is 5.97 Å². The molecule has 120 valence electrons. The third kappa shape index (κ3) is 6.32. The third-order valence-corrected chi connectivity index (χ3v) is 3.63. The van der Waals surface area contributed by atoms with Gasteiger partial charge < -0.3 is 15.2 Å². The molecule has 0 heterocycles. The SMILES string of the molecule is C=CCOCC(NC(=O)c1ccc(SC(C)C)cc1)C(=O)O. The Labute approximate surface area is 134 Å². The molecule has 0 spiro atoms. The highest BCUT2D eigenvalue weighted by Crippen LogP contribution is 2.22. The van der Waals surface area contributed by atoms with Crippen LogP contribution in [-0.2, 0) is 9.53 Å². The minimum Gasteiger partial charge on any atom is -0.480 e. The van der Waals surface area contributed by atoms with E-state index in [0.29, 0.717) is 10.8 Å². The number of carboxylic acids is 1. The number of carbonyl (C=O) groups excluding carboxylic acids is 1. The maximum absolute atomic E-state index is 12.1. The first-order valence-corrected chi connectivity index (χ1v) is 7.81. The number of benzene rings is 1. The van der Waals surface area contributed by atoms with E-state index in [1.54, 1.807) is 23.9 Å². The summed E-state index contributed by atoms with van der Waals surface area (Å²) in [5.41, 5.74) is 0.420. The Morgan fingerprint density at radius 2 is 2.00 bits per heavy atom. The van der Waals surface area contributed by atoms with Crippen LogP contribution in [0.1, 0.15) is 24.2 Å². The molecule has 22 heavy (non-hydrogen) atoms. The van der Waals surface area contributed by atoms with Crippen molar-refractivity contribution in [3.05, 3.63) is 42.5 Å². The van der Waals surface area contributed by atoms with E-state index in [4.69, 9.17) is 9.84 Å². The number of hydrogen-bond donors (Lipinski definition) is 2. The summed E-state index contributed by atoms with van der Waals surface area (Å²) in [7, 11) is 0. The van der Waals surface area contributed by atoms with Crippen LogP contribution in [0.25, 0.3) is 0 Å². The molecule has 1 unspecified atom stereocenters. The smallest absolute Gasteiger partial charge is 0.328 e. The van der Waals surface area contributed by atoms with Crippen molar-refractivity contribution >= 4 is 23.6 Å². The maximum Gasteiger partial charge on any atom is 0.328 e. The Balaban J connectivity index is 2.65. The van der Waals surface area contributed by atoms with Crippen molar-refractivity contribution in [1.82, 2.24) is 5.32 Å². The molecule has 0 bridgehead atoms. The summed E-state index contributed by atoms with van der Waals surface area (Å²) in [6, 6.07) is 5.98. The monoisotopic (exact) mass is 323 g/mol. The summed E-state index contributed by atoms with van der Waals surface area (Å²) in [4.78, 5) is 24.2. The van der Waals surface area contributed by atoms with Crippen molar-refractivity contribution in [2.75, 3.05) is 13.2 Å². The number of nitrogens with one attached hydrogen (secondary N) is 1. The zero-order chi connectivity index (χ0) is 16.5. The second-order valence-corrected chi connectivity index (χ2v) is 6.53. The molecule has 0 saturated heterocycles. The number of hydrogen-bond acceptors (Lipinski definition) is 4. The molecule has 0 saturated carbocycles. The number of ether oxygens (including phenoxy) is 1. The van der Waals surface area contributed by atoms with Crippen LogP contribution in [0.4, 0.5) is 0 Å². The van der Waals surface area contributed by atoms with E-state index in [1.165, 1.54) is 6.08 Å². The van der Waals surface area contributed by atoms with Crippen LogP contribution >= 0.6 is 11.8 Å². The molecular weight excluding hydrogens is 302 g/mol. The maximum atomic E-state index is 12.1. The van der Waals surface area contributed by atoms with E-state index >= 15 is 0 Å². The van der Waals surface area contributed by atoms with E-state index < -0.39 is 17.9 Å². The van der Waals surface area contributed by atoms with E-state index in [1.807, 2.05) is 12.1 Å². The van der Waals surface area contributed by atoms with Crippen molar-refractivity contribution < 1.29 is 19.4 Å². The highest BCUT2D eigenvalue weighted by molar-refractivity contribution is 7.99. The zero-order valence-corrected chi connectivity index (χ0v) is 13.6. The lowest BCUT2D eigenvalue weighted by atomic mass is 10.2. The molecule has 1 amide bonds. The first-order valence-electron chi connectivity index (χ1n) is 6.93. The molecule has 0 aliphatic rings. The van der Waals surface area contributed by atoms with Gasteiger partial charge in [0.15, 0.2) is 6.04 Å². The molecule has 1 aromatic rings. The van der Waals surface area contributed by atoms with Gasteiger partial charge in [-0.15, -0.1) is 18.3 Å². The van der Waals surface area contributed by atoms with Gasteiger partial charge in [0, 0.05) is 15.7 Å². The minimum absolute atomic E-state index is 0.103. The second kappa shape index (κ2) is 9.27. The molecule has 1 atom stereocenters. The molecule has 6 heteroatoms. The van der Waals surface area contributed by atoms with Crippen molar-refractivity contribution in [2.24, 2.45) is 0 Å². The fourth-order valence-corrected chi connectivity index (χ4v) is 2.48. The van der Waals surface area contributed by atoms with Gasteiger partial charge in [0.25, 0.3) is 5.91 Å². The highest BCUT2D eigenvalue weighted by atomic mass is 32.2. The lowest BCUT2D eigenvalue weighted by Gasteiger charge is -2.14. The normalized spacial score (nSPS) is 12.0.